The summed E-state index contributed by atoms with van der Waals surface area (Å²) in [6, 6.07) is 0.0959. The van der Waals surface area contributed by atoms with Gasteiger partial charge in [0, 0.05) is 11.8 Å². The minimum absolute atomic E-state index is 0.0659. The third kappa shape index (κ3) is 3.58. The first-order valence-electron chi connectivity index (χ1n) is 8.25. The molecule has 0 bridgehead atoms. The van der Waals surface area contributed by atoms with Crippen LogP contribution in [-0.4, -0.2) is 40.3 Å². The highest BCUT2D eigenvalue weighted by Crippen LogP contribution is 2.35. The summed E-state index contributed by atoms with van der Waals surface area (Å²) in [5, 5.41) is 8.91. The van der Waals surface area contributed by atoms with Gasteiger partial charge in [-0.3, -0.25) is 4.79 Å². The van der Waals surface area contributed by atoms with E-state index in [1.807, 2.05) is 18.0 Å². The second-order valence-electron chi connectivity index (χ2n) is 5.97. The molecule has 1 atom stereocenters. The topological polar surface area (TPSA) is 79.2 Å². The van der Waals surface area contributed by atoms with Crippen LogP contribution in [0.5, 0.6) is 0 Å². The van der Waals surface area contributed by atoms with Gasteiger partial charge in [0.2, 0.25) is 5.90 Å². The number of fused-ring (bicyclic) bond motifs is 1. The van der Waals surface area contributed by atoms with Crippen LogP contribution in [-0.2, 0) is 14.3 Å². The van der Waals surface area contributed by atoms with Gasteiger partial charge in [0.05, 0.1) is 11.7 Å². The lowest BCUT2D eigenvalue weighted by Crippen LogP contribution is -2.40. The lowest BCUT2D eigenvalue weighted by molar-refractivity contribution is -0.139. The molecule has 0 amide bonds. The van der Waals surface area contributed by atoms with Crippen LogP contribution in [0.1, 0.15) is 47.0 Å². The summed E-state index contributed by atoms with van der Waals surface area (Å²) >= 11 is 0. The number of carboxylic acids is 1. The minimum atomic E-state index is -1.08. The Morgan fingerprint density at radius 2 is 2.08 bits per heavy atom. The van der Waals surface area contributed by atoms with Crippen molar-refractivity contribution in [2.75, 3.05) is 6.61 Å². The molecule has 0 aliphatic carbocycles. The van der Waals surface area contributed by atoms with Gasteiger partial charge in [-0.25, -0.2) is 9.79 Å². The number of ether oxygens (including phenoxy) is 1. The van der Waals surface area contributed by atoms with Crippen LogP contribution >= 0.6 is 0 Å². The van der Waals surface area contributed by atoms with Crippen LogP contribution in [0.2, 0.25) is 0 Å². The number of ketones is 1. The normalized spacial score (nSPS) is 20.1. The van der Waals surface area contributed by atoms with Crippen LogP contribution in [0.25, 0.3) is 0 Å². The van der Waals surface area contributed by atoms with E-state index in [9.17, 15) is 9.59 Å². The maximum Gasteiger partial charge on any atom is 0.341 e. The highest BCUT2D eigenvalue weighted by Gasteiger charge is 2.34. The van der Waals surface area contributed by atoms with E-state index in [1.54, 1.807) is 0 Å². The molecular weight excluding hydrogens is 308 g/mol. The van der Waals surface area contributed by atoms with E-state index in [-0.39, 0.29) is 17.7 Å². The lowest BCUT2D eigenvalue weighted by atomic mass is 9.88. The van der Waals surface area contributed by atoms with Crippen molar-refractivity contribution < 1.29 is 19.4 Å². The lowest BCUT2D eigenvalue weighted by Gasteiger charge is -2.38. The average Bonchev–Trinajstić information content (AvgIpc) is 2.51. The summed E-state index contributed by atoms with van der Waals surface area (Å²) in [5.74, 6) is -0.930. The molecule has 130 valence electrons. The quantitative estimate of drug-likeness (QED) is 0.809. The molecule has 1 N–H and O–H groups in total. The molecule has 2 heterocycles. The largest absolute Gasteiger partial charge is 0.479 e. The van der Waals surface area contributed by atoms with Gasteiger partial charge in [0.25, 0.3) is 0 Å². The summed E-state index contributed by atoms with van der Waals surface area (Å²) < 4.78 is 5.41. The van der Waals surface area contributed by atoms with Crippen molar-refractivity contribution in [2.24, 2.45) is 4.99 Å². The summed E-state index contributed by atoms with van der Waals surface area (Å²) in [4.78, 5) is 29.5. The third-order valence-corrected chi connectivity index (χ3v) is 4.00. The number of aliphatic carboxylic acids is 1. The second-order valence-corrected chi connectivity index (χ2v) is 5.97. The standard InChI is InChI=1S/C18H24N2O4/c1-5-7-13-8-14(6-2)20-9-11(3)19-18(24-10-15(22)23)17(20)16(13)12(4)21/h8-9,14H,5-7,10H2,1-4H3,(H,22,23). The smallest absolute Gasteiger partial charge is 0.341 e. The minimum Gasteiger partial charge on any atom is -0.479 e. The molecule has 24 heavy (non-hydrogen) atoms. The number of aliphatic imine (C=N–C) groups is 1. The number of Topliss-reactive ketones (excluding diaryl/α,β-unsaturated/α-hetero) is 1. The first-order chi connectivity index (χ1) is 11.4. The predicted octanol–water partition coefficient (Wildman–Crippen LogP) is 3.02. The van der Waals surface area contributed by atoms with Crippen LogP contribution in [0.3, 0.4) is 0 Å². The molecule has 2 rings (SSSR count). The van der Waals surface area contributed by atoms with Gasteiger partial charge in [0.15, 0.2) is 12.4 Å². The van der Waals surface area contributed by atoms with Gasteiger partial charge >= 0.3 is 5.97 Å². The molecule has 2 aliphatic rings. The van der Waals surface area contributed by atoms with Crippen molar-refractivity contribution in [1.29, 1.82) is 0 Å². The Bertz CT molecular complexity index is 671. The molecule has 0 saturated carbocycles. The van der Waals surface area contributed by atoms with Gasteiger partial charge in [-0.15, -0.1) is 0 Å². The highest BCUT2D eigenvalue weighted by molar-refractivity contribution is 6.08. The van der Waals surface area contributed by atoms with Crippen molar-refractivity contribution >= 4 is 17.7 Å². The SMILES string of the molecule is CCCC1=CC(CC)N2C=C(C)N=C(OCC(=O)O)C2=C1C(C)=O. The van der Waals surface area contributed by atoms with Crippen molar-refractivity contribution in [3.63, 3.8) is 0 Å². The van der Waals surface area contributed by atoms with Crippen LogP contribution in [0.4, 0.5) is 0 Å². The van der Waals surface area contributed by atoms with Crippen molar-refractivity contribution in [3.05, 3.63) is 34.8 Å². The van der Waals surface area contributed by atoms with Crippen molar-refractivity contribution in [3.8, 4) is 0 Å². The van der Waals surface area contributed by atoms with E-state index in [2.05, 4.69) is 24.9 Å². The van der Waals surface area contributed by atoms with Gasteiger partial charge in [-0.2, -0.15) is 0 Å². The summed E-state index contributed by atoms with van der Waals surface area (Å²) in [6.07, 6.45) is 6.59. The molecule has 2 aliphatic heterocycles. The zero-order valence-corrected chi connectivity index (χ0v) is 14.6. The van der Waals surface area contributed by atoms with E-state index in [1.165, 1.54) is 6.92 Å². The highest BCUT2D eigenvalue weighted by atomic mass is 16.5. The first-order valence-corrected chi connectivity index (χ1v) is 8.25. The molecule has 0 aromatic heterocycles. The first kappa shape index (κ1) is 18.0. The Hall–Kier alpha value is -2.37. The molecule has 1 unspecified atom stereocenters. The Kier molecular flexibility index (Phi) is 5.59. The zero-order chi connectivity index (χ0) is 17.9. The van der Waals surface area contributed by atoms with Crippen molar-refractivity contribution in [1.82, 2.24) is 4.90 Å². The van der Waals surface area contributed by atoms with Gasteiger partial charge in [-0.05, 0) is 32.3 Å². The number of carbonyl (C=O) groups excluding carboxylic acids is 1. The van der Waals surface area contributed by atoms with E-state index in [4.69, 9.17) is 9.84 Å². The fourth-order valence-electron chi connectivity index (χ4n) is 3.08. The van der Waals surface area contributed by atoms with Crippen LogP contribution in [0.15, 0.2) is 39.8 Å². The number of rotatable bonds is 6. The van der Waals surface area contributed by atoms with Gasteiger partial charge in [0.1, 0.15) is 5.70 Å². The third-order valence-electron chi connectivity index (χ3n) is 4.00. The van der Waals surface area contributed by atoms with E-state index >= 15 is 0 Å². The molecule has 6 heteroatoms. The maximum atomic E-state index is 12.3. The molecule has 0 radical (unpaired) electrons. The molecule has 6 nitrogen and oxygen atoms in total. The van der Waals surface area contributed by atoms with Gasteiger partial charge < -0.3 is 14.7 Å². The van der Waals surface area contributed by atoms with E-state index in [0.29, 0.717) is 17.0 Å². The second kappa shape index (κ2) is 7.47. The van der Waals surface area contributed by atoms with E-state index < -0.39 is 12.6 Å². The average molecular weight is 332 g/mol. The fourth-order valence-corrected chi connectivity index (χ4v) is 3.08. The number of hydrogen-bond acceptors (Lipinski definition) is 5. The zero-order valence-electron chi connectivity index (χ0n) is 14.6. The molecular formula is C18H24N2O4. The van der Waals surface area contributed by atoms with Crippen molar-refractivity contribution in [2.45, 2.75) is 53.0 Å². The van der Waals surface area contributed by atoms with Crippen LogP contribution < -0.4 is 0 Å². The number of nitrogens with zero attached hydrogens (tertiary/aromatic N) is 2. The molecule has 0 aromatic carbocycles. The summed E-state index contributed by atoms with van der Waals surface area (Å²) in [7, 11) is 0. The Morgan fingerprint density at radius 1 is 1.38 bits per heavy atom. The summed E-state index contributed by atoms with van der Waals surface area (Å²) in [6.45, 7) is 7.01. The monoisotopic (exact) mass is 332 g/mol. The Labute approximate surface area is 142 Å². The number of carbonyl (C=O) groups is 2. The summed E-state index contributed by atoms with van der Waals surface area (Å²) in [5.41, 5.74) is 2.87. The number of hydrogen-bond donors (Lipinski definition) is 1. The number of allylic oxidation sites excluding steroid dienone is 3. The maximum absolute atomic E-state index is 12.3. The molecule has 0 aromatic rings. The Morgan fingerprint density at radius 3 is 2.62 bits per heavy atom. The molecule has 0 spiro atoms. The number of carboxylic acid groups (broad SMARTS) is 1. The van der Waals surface area contributed by atoms with Gasteiger partial charge in [-0.1, -0.05) is 26.3 Å². The predicted molar refractivity (Wildman–Crippen MR) is 91.4 cm³/mol. The Balaban J connectivity index is 2.58. The fraction of sp³-hybridized carbons (Fsp3) is 0.500. The molecule has 0 fully saturated rings. The van der Waals surface area contributed by atoms with Crippen LogP contribution in [0, 0.1) is 0 Å². The van der Waals surface area contributed by atoms with E-state index in [0.717, 1.165) is 24.8 Å². The molecule has 0 saturated heterocycles.